The third-order valence-electron chi connectivity index (χ3n) is 5.68. The normalized spacial score (nSPS) is 15.0. The van der Waals surface area contributed by atoms with Crippen molar-refractivity contribution in [3.05, 3.63) is 52.3 Å². The molecule has 0 atom stereocenters. The average Bonchev–Trinajstić information content (AvgIpc) is 3.22. The highest BCUT2D eigenvalue weighted by Crippen LogP contribution is 2.40. The van der Waals surface area contributed by atoms with Crippen molar-refractivity contribution < 1.29 is 27.9 Å². The lowest BCUT2D eigenvalue weighted by Crippen LogP contribution is -2.22. The molecule has 6 nitrogen and oxygen atoms in total. The van der Waals surface area contributed by atoms with Crippen molar-refractivity contribution in [2.75, 3.05) is 5.32 Å². The first-order valence-corrected chi connectivity index (χ1v) is 11.7. The van der Waals surface area contributed by atoms with Gasteiger partial charge in [-0.3, -0.25) is 4.79 Å². The molecule has 1 amide bonds. The Morgan fingerprint density at radius 2 is 1.79 bits per heavy atom. The maximum atomic E-state index is 13.0. The van der Waals surface area contributed by atoms with Gasteiger partial charge in [0.15, 0.2) is 0 Å². The van der Waals surface area contributed by atoms with Crippen molar-refractivity contribution >= 4 is 39.9 Å². The second-order valence-corrected chi connectivity index (χ2v) is 9.73. The Morgan fingerprint density at radius 3 is 2.41 bits per heavy atom. The van der Waals surface area contributed by atoms with E-state index in [1.54, 1.807) is 37.3 Å². The van der Waals surface area contributed by atoms with E-state index in [9.17, 15) is 23.1 Å². The molecule has 2 N–H and O–H groups in total. The molecule has 0 aliphatic heterocycles. The van der Waals surface area contributed by atoms with Gasteiger partial charge in [-0.2, -0.15) is 13.2 Å². The van der Waals surface area contributed by atoms with Crippen LogP contribution in [0.3, 0.4) is 0 Å². The molecule has 2 aromatic heterocycles. The zero-order valence-corrected chi connectivity index (χ0v) is 19.7. The average molecular weight is 494 g/mol. The van der Waals surface area contributed by atoms with Gasteiger partial charge in [0.2, 0.25) is 0 Å². The Hall–Kier alpha value is -2.85. The van der Waals surface area contributed by atoms with Crippen LogP contribution in [0.1, 0.15) is 78.6 Å². The molecule has 2 heterocycles. The first-order valence-electron chi connectivity index (χ1n) is 10.8. The Balaban J connectivity index is 0.00000158. The summed E-state index contributed by atoms with van der Waals surface area (Å²) in [4.78, 5) is 29.0. The first kappa shape index (κ1) is 25.8. The zero-order valence-electron chi connectivity index (χ0n) is 18.9. The molecule has 0 saturated heterocycles. The lowest BCUT2D eigenvalue weighted by Gasteiger charge is -2.22. The number of carbonyl (C=O) groups excluding carboxylic acids is 2. The number of nitrogens with one attached hydrogen (secondary N) is 1. The van der Waals surface area contributed by atoms with Crippen molar-refractivity contribution in [3.63, 3.8) is 0 Å². The number of aliphatic hydroxyl groups is 1. The fourth-order valence-corrected chi connectivity index (χ4v) is 5.19. The van der Waals surface area contributed by atoms with E-state index in [1.165, 1.54) is 25.3 Å². The van der Waals surface area contributed by atoms with Crippen molar-refractivity contribution in [2.24, 2.45) is 0 Å². The van der Waals surface area contributed by atoms with Gasteiger partial charge >= 0.3 is 6.18 Å². The quantitative estimate of drug-likeness (QED) is 0.461. The predicted octanol–water partition coefficient (Wildman–Crippen LogP) is 6.05. The highest BCUT2D eigenvalue weighted by Gasteiger charge is 2.33. The maximum Gasteiger partial charge on any atom is 0.433 e. The van der Waals surface area contributed by atoms with Crippen LogP contribution < -0.4 is 5.32 Å². The van der Waals surface area contributed by atoms with Crippen LogP contribution in [0, 0.1) is 0 Å². The molecule has 4 rings (SSSR count). The van der Waals surface area contributed by atoms with Gasteiger partial charge in [-0.05, 0) is 51.0 Å². The van der Waals surface area contributed by atoms with Crippen LogP contribution in [-0.4, -0.2) is 27.8 Å². The number of pyridine rings is 1. The van der Waals surface area contributed by atoms with Gasteiger partial charge in [-0.15, -0.1) is 11.3 Å². The summed E-state index contributed by atoms with van der Waals surface area (Å²) in [7, 11) is 0. The Kier molecular flexibility index (Phi) is 7.72. The number of aromatic nitrogens is 2. The van der Waals surface area contributed by atoms with Crippen molar-refractivity contribution in [1.29, 1.82) is 0 Å². The molecule has 0 radical (unpaired) electrons. The first-order chi connectivity index (χ1) is 16.0. The Labute approximate surface area is 199 Å². The minimum absolute atomic E-state index is 0.327. The van der Waals surface area contributed by atoms with Crippen molar-refractivity contribution in [1.82, 2.24) is 9.97 Å². The minimum Gasteiger partial charge on any atom is -0.386 e. The molecule has 3 aromatic rings. The largest absolute Gasteiger partial charge is 0.433 e. The lowest BCUT2D eigenvalue weighted by atomic mass is 9.90. The van der Waals surface area contributed by atoms with E-state index in [0.29, 0.717) is 17.2 Å². The maximum absolute atomic E-state index is 13.0. The van der Waals surface area contributed by atoms with Crippen LogP contribution in [0.2, 0.25) is 0 Å². The molecular weight excluding hydrogens is 467 g/mol. The summed E-state index contributed by atoms with van der Waals surface area (Å²) in [6.07, 6.45) is 1.16. The number of thiazole rings is 1. The third kappa shape index (κ3) is 5.79. The highest BCUT2D eigenvalue weighted by atomic mass is 32.1. The monoisotopic (exact) mass is 493 g/mol. The summed E-state index contributed by atoms with van der Waals surface area (Å²) in [6.45, 7) is 5.17. The Morgan fingerprint density at radius 1 is 1.12 bits per heavy atom. The fourth-order valence-electron chi connectivity index (χ4n) is 4.03. The number of anilines is 1. The van der Waals surface area contributed by atoms with Crippen molar-refractivity contribution in [2.45, 2.75) is 63.6 Å². The molecule has 1 aromatic carbocycles. The summed E-state index contributed by atoms with van der Waals surface area (Å²) >= 11 is 1.56. The fraction of sp³-hybridized carbons (Fsp3) is 0.417. The molecule has 10 heteroatoms. The molecule has 1 fully saturated rings. The molecule has 1 aliphatic rings. The Bertz CT molecular complexity index is 1170. The summed E-state index contributed by atoms with van der Waals surface area (Å²) in [5.74, 6) is -0.364. The number of hydrogen-bond donors (Lipinski definition) is 2. The minimum atomic E-state index is -4.65. The van der Waals surface area contributed by atoms with Gasteiger partial charge in [0.25, 0.3) is 5.91 Å². The van der Waals surface area contributed by atoms with E-state index in [4.69, 9.17) is 9.78 Å². The molecule has 0 bridgehead atoms. The standard InChI is InChI=1S/C23H24F3N3O2S.CH2O/c1-22(2,31)14-11-17-18(32-21(29-17)13-7-4-3-5-8-13)12-16(14)28-20(30)15-9-6-10-19(27-15)23(24,25)26;1-2/h6,9-13,31H,3-5,7-8H2,1-2H3,(H,28,30);1H2. The molecule has 0 spiro atoms. The van der Waals surface area contributed by atoms with Gasteiger partial charge in [-0.1, -0.05) is 25.3 Å². The second-order valence-electron chi connectivity index (χ2n) is 8.67. The topological polar surface area (TPSA) is 92.2 Å². The number of hydrogen-bond acceptors (Lipinski definition) is 6. The zero-order chi connectivity index (χ0) is 25.1. The number of halogens is 3. The van der Waals surface area contributed by atoms with Crippen LogP contribution in [0.15, 0.2) is 30.3 Å². The van der Waals surface area contributed by atoms with Gasteiger partial charge < -0.3 is 15.2 Å². The molecule has 0 unspecified atom stereocenters. The van der Waals surface area contributed by atoms with Gasteiger partial charge in [0.05, 0.1) is 20.8 Å². The second kappa shape index (κ2) is 10.2. The van der Waals surface area contributed by atoms with E-state index in [-0.39, 0.29) is 5.69 Å². The highest BCUT2D eigenvalue weighted by molar-refractivity contribution is 7.18. The van der Waals surface area contributed by atoms with Crippen LogP contribution in [-0.2, 0) is 16.6 Å². The predicted molar refractivity (Wildman–Crippen MR) is 125 cm³/mol. The van der Waals surface area contributed by atoms with E-state index in [2.05, 4.69) is 10.3 Å². The number of fused-ring (bicyclic) bond motifs is 1. The molecule has 34 heavy (non-hydrogen) atoms. The summed E-state index contributed by atoms with van der Waals surface area (Å²) in [5, 5.41) is 14.4. The number of rotatable bonds is 4. The van der Waals surface area contributed by atoms with Gasteiger partial charge in [0.1, 0.15) is 18.2 Å². The summed E-state index contributed by atoms with van der Waals surface area (Å²) in [6, 6.07) is 6.66. The smallest absolute Gasteiger partial charge is 0.386 e. The van der Waals surface area contributed by atoms with E-state index < -0.39 is 23.4 Å². The van der Waals surface area contributed by atoms with Crippen LogP contribution in [0.25, 0.3) is 10.2 Å². The number of alkyl halides is 3. The summed E-state index contributed by atoms with van der Waals surface area (Å²) < 4.78 is 39.8. The molecule has 1 saturated carbocycles. The van der Waals surface area contributed by atoms with E-state index in [1.807, 2.05) is 6.79 Å². The molecular formula is C24H26F3N3O3S. The van der Waals surface area contributed by atoms with Crippen LogP contribution in [0.5, 0.6) is 0 Å². The van der Waals surface area contributed by atoms with E-state index >= 15 is 0 Å². The SMILES string of the molecule is C=O.CC(C)(O)c1cc2nc(C3CCCCC3)sc2cc1NC(=O)c1cccc(C(F)(F)F)n1. The van der Waals surface area contributed by atoms with Gasteiger partial charge in [0, 0.05) is 17.2 Å². The number of amides is 1. The number of carbonyl (C=O) groups is 2. The number of nitrogens with zero attached hydrogens (tertiary/aromatic N) is 2. The van der Waals surface area contributed by atoms with Crippen LogP contribution in [0.4, 0.5) is 18.9 Å². The van der Waals surface area contributed by atoms with Crippen LogP contribution >= 0.6 is 11.3 Å². The molecule has 182 valence electrons. The number of benzene rings is 1. The molecule has 1 aliphatic carbocycles. The van der Waals surface area contributed by atoms with Gasteiger partial charge in [-0.25, -0.2) is 9.97 Å². The van der Waals surface area contributed by atoms with Crippen molar-refractivity contribution in [3.8, 4) is 0 Å². The summed E-state index contributed by atoms with van der Waals surface area (Å²) in [5.41, 5.74) is -1.29. The lowest BCUT2D eigenvalue weighted by molar-refractivity contribution is -0.141. The van der Waals surface area contributed by atoms with E-state index in [0.717, 1.165) is 40.2 Å². The third-order valence-corrected chi connectivity index (χ3v) is 6.86.